The first kappa shape index (κ1) is 21.9. The number of amides is 1. The van der Waals surface area contributed by atoms with E-state index in [2.05, 4.69) is 15.5 Å². The summed E-state index contributed by atoms with van der Waals surface area (Å²) in [5.41, 5.74) is -0.529. The third kappa shape index (κ3) is 6.07. The van der Waals surface area contributed by atoms with Gasteiger partial charge >= 0.3 is 6.18 Å². The van der Waals surface area contributed by atoms with Gasteiger partial charge < -0.3 is 9.84 Å². The van der Waals surface area contributed by atoms with Gasteiger partial charge in [-0.1, -0.05) is 51.4 Å². The van der Waals surface area contributed by atoms with E-state index in [-0.39, 0.29) is 24.2 Å². The zero-order chi connectivity index (χ0) is 20.9. The first-order valence-electron chi connectivity index (χ1n) is 9.30. The molecule has 0 fully saturated rings. The maximum absolute atomic E-state index is 13.0. The van der Waals surface area contributed by atoms with Crippen molar-refractivity contribution in [3.8, 4) is 0 Å². The Bertz CT molecular complexity index is 794. The van der Waals surface area contributed by atoms with Crippen molar-refractivity contribution in [3.05, 3.63) is 47.1 Å². The number of aromatic nitrogens is 2. The molecule has 1 amide bonds. The monoisotopic (exact) mass is 397 g/mol. The molecule has 1 heterocycles. The predicted molar refractivity (Wildman–Crippen MR) is 98.6 cm³/mol. The van der Waals surface area contributed by atoms with Gasteiger partial charge in [-0.05, 0) is 24.1 Å². The third-order valence-corrected chi connectivity index (χ3v) is 4.23. The van der Waals surface area contributed by atoms with E-state index >= 15 is 0 Å². The molecular formula is C20H26F3N3O2. The SMILES string of the molecule is CCCC(NC(=O)CCc1nc(C(C)(C)C)no1)c1cccc(C(F)(F)F)c1. The van der Waals surface area contributed by atoms with Crippen LogP contribution in [-0.2, 0) is 22.8 Å². The molecule has 0 aliphatic heterocycles. The van der Waals surface area contributed by atoms with Gasteiger partial charge in [-0.25, -0.2) is 0 Å². The van der Waals surface area contributed by atoms with Gasteiger partial charge in [0.25, 0.3) is 0 Å². The number of carbonyl (C=O) groups excluding carboxylic acids is 1. The standard InChI is InChI=1S/C20H26F3N3O2/c1-5-7-15(13-8-6-9-14(12-13)20(21,22)23)24-16(27)10-11-17-25-18(26-28-17)19(2,3)4/h6,8-9,12,15H,5,7,10-11H2,1-4H3,(H,24,27). The highest BCUT2D eigenvalue weighted by Crippen LogP contribution is 2.31. The van der Waals surface area contributed by atoms with Crippen LogP contribution in [0, 0.1) is 0 Å². The summed E-state index contributed by atoms with van der Waals surface area (Å²) in [5, 5.41) is 6.74. The zero-order valence-corrected chi connectivity index (χ0v) is 16.6. The molecule has 154 valence electrons. The van der Waals surface area contributed by atoms with Crippen LogP contribution in [0.4, 0.5) is 13.2 Å². The summed E-state index contributed by atoms with van der Waals surface area (Å²) in [6.07, 6.45) is -2.76. The van der Waals surface area contributed by atoms with Gasteiger partial charge in [0.15, 0.2) is 5.82 Å². The molecule has 0 aliphatic carbocycles. The van der Waals surface area contributed by atoms with Crippen molar-refractivity contribution in [2.24, 2.45) is 0 Å². The molecule has 28 heavy (non-hydrogen) atoms. The highest BCUT2D eigenvalue weighted by atomic mass is 19.4. The summed E-state index contributed by atoms with van der Waals surface area (Å²) in [7, 11) is 0. The molecule has 1 aromatic carbocycles. The number of benzene rings is 1. The van der Waals surface area contributed by atoms with Crippen LogP contribution < -0.4 is 5.32 Å². The highest BCUT2D eigenvalue weighted by Gasteiger charge is 2.31. The Morgan fingerprint density at radius 2 is 1.96 bits per heavy atom. The first-order valence-corrected chi connectivity index (χ1v) is 9.30. The van der Waals surface area contributed by atoms with E-state index in [1.54, 1.807) is 6.07 Å². The Kier molecular flexibility index (Phi) is 6.85. The molecule has 8 heteroatoms. The smallest absolute Gasteiger partial charge is 0.349 e. The van der Waals surface area contributed by atoms with Gasteiger partial charge in [0, 0.05) is 18.3 Å². The van der Waals surface area contributed by atoms with Crippen LogP contribution in [0.15, 0.2) is 28.8 Å². The van der Waals surface area contributed by atoms with E-state index in [0.29, 0.717) is 23.7 Å². The normalized spacial score (nSPS) is 13.4. The van der Waals surface area contributed by atoms with Gasteiger partial charge in [0.05, 0.1) is 11.6 Å². The maximum atomic E-state index is 13.0. The summed E-state index contributed by atoms with van der Waals surface area (Å²) < 4.78 is 44.1. The Labute approximate surface area is 162 Å². The lowest BCUT2D eigenvalue weighted by Crippen LogP contribution is -2.29. The largest absolute Gasteiger partial charge is 0.416 e. The quantitative estimate of drug-likeness (QED) is 0.716. The van der Waals surface area contributed by atoms with Crippen molar-refractivity contribution in [2.75, 3.05) is 0 Å². The summed E-state index contributed by atoms with van der Waals surface area (Å²) in [6.45, 7) is 7.79. The van der Waals surface area contributed by atoms with Gasteiger partial charge in [-0.2, -0.15) is 18.2 Å². The van der Waals surface area contributed by atoms with Gasteiger partial charge in [0.1, 0.15) is 0 Å². The van der Waals surface area contributed by atoms with Crippen LogP contribution in [-0.4, -0.2) is 16.0 Å². The lowest BCUT2D eigenvalue weighted by Gasteiger charge is -2.20. The fourth-order valence-electron chi connectivity index (χ4n) is 2.69. The molecule has 0 radical (unpaired) electrons. The van der Waals surface area contributed by atoms with E-state index in [4.69, 9.17) is 4.52 Å². The molecular weight excluding hydrogens is 371 g/mol. The Morgan fingerprint density at radius 1 is 1.25 bits per heavy atom. The molecule has 1 aromatic heterocycles. The van der Waals surface area contributed by atoms with Crippen LogP contribution in [0.25, 0.3) is 0 Å². The number of halogens is 3. The third-order valence-electron chi connectivity index (χ3n) is 4.23. The van der Waals surface area contributed by atoms with E-state index in [1.165, 1.54) is 6.07 Å². The number of aryl methyl sites for hydroxylation is 1. The Hall–Kier alpha value is -2.38. The van der Waals surface area contributed by atoms with E-state index in [0.717, 1.165) is 18.6 Å². The molecule has 2 aromatic rings. The van der Waals surface area contributed by atoms with E-state index in [9.17, 15) is 18.0 Å². The lowest BCUT2D eigenvalue weighted by atomic mass is 9.96. The van der Waals surface area contributed by atoms with Crippen LogP contribution in [0.5, 0.6) is 0 Å². The number of alkyl halides is 3. The highest BCUT2D eigenvalue weighted by molar-refractivity contribution is 5.76. The van der Waals surface area contributed by atoms with Gasteiger partial charge in [-0.3, -0.25) is 4.79 Å². The number of nitrogens with one attached hydrogen (secondary N) is 1. The van der Waals surface area contributed by atoms with E-state index in [1.807, 2.05) is 27.7 Å². The topological polar surface area (TPSA) is 68.0 Å². The average molecular weight is 397 g/mol. The van der Waals surface area contributed by atoms with Gasteiger partial charge in [-0.15, -0.1) is 0 Å². The second-order valence-electron chi connectivity index (χ2n) is 7.79. The predicted octanol–water partition coefficient (Wildman–Crippen LogP) is 4.98. The molecule has 1 N–H and O–H groups in total. The first-order chi connectivity index (χ1) is 13.0. The van der Waals surface area contributed by atoms with Gasteiger partial charge in [0.2, 0.25) is 11.8 Å². The van der Waals surface area contributed by atoms with Crippen molar-refractivity contribution in [3.63, 3.8) is 0 Å². The molecule has 0 saturated heterocycles. The number of rotatable bonds is 7. The van der Waals surface area contributed by atoms with Crippen molar-refractivity contribution in [1.82, 2.24) is 15.5 Å². The van der Waals surface area contributed by atoms with Crippen LogP contribution in [0.1, 0.15) is 75.8 Å². The van der Waals surface area contributed by atoms with Crippen molar-refractivity contribution < 1.29 is 22.5 Å². The number of hydrogen-bond donors (Lipinski definition) is 1. The second-order valence-corrected chi connectivity index (χ2v) is 7.79. The molecule has 0 saturated carbocycles. The fourth-order valence-corrected chi connectivity index (χ4v) is 2.69. The molecule has 1 atom stereocenters. The minimum Gasteiger partial charge on any atom is -0.349 e. The van der Waals surface area contributed by atoms with E-state index < -0.39 is 17.8 Å². The minimum absolute atomic E-state index is 0.116. The Morgan fingerprint density at radius 3 is 2.54 bits per heavy atom. The summed E-state index contributed by atoms with van der Waals surface area (Å²) >= 11 is 0. The minimum atomic E-state index is -4.42. The summed E-state index contributed by atoms with van der Waals surface area (Å²) in [4.78, 5) is 16.6. The number of hydrogen-bond acceptors (Lipinski definition) is 4. The average Bonchev–Trinajstić information content (AvgIpc) is 3.08. The maximum Gasteiger partial charge on any atom is 0.416 e. The fraction of sp³-hybridized carbons (Fsp3) is 0.550. The number of carbonyl (C=O) groups is 1. The van der Waals surface area contributed by atoms with Crippen molar-refractivity contribution >= 4 is 5.91 Å². The Balaban J connectivity index is 2.02. The van der Waals surface area contributed by atoms with Crippen LogP contribution >= 0.6 is 0 Å². The van der Waals surface area contributed by atoms with Crippen LogP contribution in [0.3, 0.4) is 0 Å². The molecule has 1 unspecified atom stereocenters. The zero-order valence-electron chi connectivity index (χ0n) is 16.6. The molecule has 2 rings (SSSR count). The summed E-state index contributed by atoms with van der Waals surface area (Å²) in [5.74, 6) is 0.660. The molecule has 0 bridgehead atoms. The lowest BCUT2D eigenvalue weighted by molar-refractivity contribution is -0.137. The molecule has 0 aliphatic rings. The second kappa shape index (κ2) is 8.75. The summed E-state index contributed by atoms with van der Waals surface area (Å²) in [6, 6.07) is 4.60. The van der Waals surface area contributed by atoms with Crippen molar-refractivity contribution in [2.45, 2.75) is 71.0 Å². The molecule has 0 spiro atoms. The number of nitrogens with zero attached hydrogens (tertiary/aromatic N) is 2. The van der Waals surface area contributed by atoms with Crippen LogP contribution in [0.2, 0.25) is 0 Å². The van der Waals surface area contributed by atoms with Crippen molar-refractivity contribution in [1.29, 1.82) is 0 Å². The molecule has 5 nitrogen and oxygen atoms in total.